The van der Waals surface area contributed by atoms with Crippen LogP contribution in [0.2, 0.25) is 0 Å². The van der Waals surface area contributed by atoms with Gasteiger partial charge in [-0.25, -0.2) is 9.13 Å². The largest absolute Gasteiger partial charge is 0.472 e. The molecule has 0 bridgehead atoms. The number of ether oxygens (including phenoxy) is 4. The molecule has 0 spiro atoms. The van der Waals surface area contributed by atoms with Gasteiger partial charge in [-0.3, -0.25) is 37.3 Å². The number of hydrogen-bond acceptors (Lipinski definition) is 15. The fourth-order valence-electron chi connectivity index (χ4n) is 11.8. The zero-order chi connectivity index (χ0) is 70.7. The molecular formula is C77H150O17P2. The van der Waals surface area contributed by atoms with Crippen molar-refractivity contribution in [1.82, 2.24) is 0 Å². The molecule has 96 heavy (non-hydrogen) atoms. The van der Waals surface area contributed by atoms with Crippen LogP contribution >= 0.6 is 15.6 Å². The first kappa shape index (κ1) is 94.1. The van der Waals surface area contributed by atoms with Crippen LogP contribution in [-0.2, 0) is 65.4 Å². The van der Waals surface area contributed by atoms with Crippen molar-refractivity contribution in [1.29, 1.82) is 0 Å². The van der Waals surface area contributed by atoms with Gasteiger partial charge in [0.25, 0.3) is 0 Å². The molecule has 3 N–H and O–H groups in total. The summed E-state index contributed by atoms with van der Waals surface area (Å²) in [4.78, 5) is 72.7. The molecular weight excluding hydrogens is 1260 g/mol. The first-order valence-electron chi connectivity index (χ1n) is 40.0. The summed E-state index contributed by atoms with van der Waals surface area (Å²) in [5, 5.41) is 10.6. The van der Waals surface area contributed by atoms with E-state index in [9.17, 15) is 43.2 Å². The van der Waals surface area contributed by atoms with Gasteiger partial charge in [0, 0.05) is 25.7 Å². The highest BCUT2D eigenvalue weighted by atomic mass is 31.2. The number of rotatable bonds is 76. The molecule has 570 valence electrons. The third-order valence-corrected chi connectivity index (χ3v) is 19.9. The van der Waals surface area contributed by atoms with Crippen LogP contribution in [0.5, 0.6) is 0 Å². The molecule has 0 aromatic heterocycles. The lowest BCUT2D eigenvalue weighted by molar-refractivity contribution is -0.161. The van der Waals surface area contributed by atoms with Crippen molar-refractivity contribution in [3.8, 4) is 0 Å². The van der Waals surface area contributed by atoms with E-state index in [1.165, 1.54) is 212 Å². The average molecular weight is 1410 g/mol. The van der Waals surface area contributed by atoms with Crippen LogP contribution in [0.4, 0.5) is 0 Å². The van der Waals surface area contributed by atoms with Gasteiger partial charge in [-0.15, -0.1) is 0 Å². The fraction of sp³-hybridized carbons (Fsp3) is 0.948. The molecule has 0 rings (SSSR count). The van der Waals surface area contributed by atoms with Crippen molar-refractivity contribution in [3.05, 3.63) is 0 Å². The Labute approximate surface area is 588 Å². The molecule has 0 saturated carbocycles. The standard InChI is InChI=1S/C77H150O17P2/c1-7-9-11-13-15-17-19-20-21-22-23-27-30-33-37-40-47-53-59-74(79)87-65-72(93-77(82)62-56-50-42-38-34-31-28-25-24-26-29-32-35-39-45-51-57-69(3)4)67-91-95(83,84)89-63-71(78)64-90-96(85,86)92-68-73(66-88-75(80)60-54-48-44-43-46-52-58-70(5)6)94-76(81)61-55-49-41-36-18-16-14-12-10-8-2/h69-73,78H,7-68H2,1-6H3,(H,83,84)(H,85,86)/t71-,72-,73-/m1/s1. The summed E-state index contributed by atoms with van der Waals surface area (Å²) in [5.74, 6) is -0.628. The normalized spacial score (nSPS) is 14.0. The number of aliphatic hydroxyl groups is 1. The number of phosphoric acid groups is 2. The Morgan fingerprint density at radius 3 is 0.708 bits per heavy atom. The van der Waals surface area contributed by atoms with Gasteiger partial charge in [0.05, 0.1) is 26.4 Å². The number of esters is 4. The predicted octanol–water partition coefficient (Wildman–Crippen LogP) is 22.7. The SMILES string of the molecule is CCCCCCCCCCCCCCCCCCCCC(=O)OC[C@H](COP(=O)(O)OC[C@@H](O)COP(=O)(O)OC[C@@H](COC(=O)CCCCCCCCC(C)C)OC(=O)CCCCCCCCCCCC)OC(=O)CCCCCCCCCCCCCCCCCCC(C)C. The van der Waals surface area contributed by atoms with Gasteiger partial charge < -0.3 is 33.8 Å². The van der Waals surface area contributed by atoms with Crippen LogP contribution in [0.15, 0.2) is 0 Å². The van der Waals surface area contributed by atoms with Crippen LogP contribution in [0.25, 0.3) is 0 Å². The summed E-state index contributed by atoms with van der Waals surface area (Å²) in [6.07, 6.45) is 57.1. The van der Waals surface area contributed by atoms with Crippen molar-refractivity contribution < 1.29 is 80.2 Å². The molecule has 19 heteroatoms. The maximum Gasteiger partial charge on any atom is 0.472 e. The van der Waals surface area contributed by atoms with Gasteiger partial charge in [0.15, 0.2) is 12.2 Å². The van der Waals surface area contributed by atoms with Crippen molar-refractivity contribution in [2.45, 2.75) is 419 Å². The topological polar surface area (TPSA) is 237 Å². The Balaban J connectivity index is 5.19. The van der Waals surface area contributed by atoms with Crippen LogP contribution in [0.3, 0.4) is 0 Å². The second-order valence-electron chi connectivity index (χ2n) is 28.7. The van der Waals surface area contributed by atoms with E-state index in [4.69, 9.17) is 37.0 Å². The highest BCUT2D eigenvalue weighted by Crippen LogP contribution is 2.45. The van der Waals surface area contributed by atoms with E-state index in [0.29, 0.717) is 31.6 Å². The molecule has 0 amide bonds. The fourth-order valence-corrected chi connectivity index (χ4v) is 13.4. The Bertz CT molecular complexity index is 1860. The number of carbonyl (C=O) groups excluding carboxylic acids is 4. The quantitative estimate of drug-likeness (QED) is 0.0222. The number of carbonyl (C=O) groups is 4. The maximum atomic E-state index is 13.1. The second kappa shape index (κ2) is 68.8. The summed E-state index contributed by atoms with van der Waals surface area (Å²) in [7, 11) is -9.91. The molecule has 5 atom stereocenters. The molecule has 0 heterocycles. The summed E-state index contributed by atoms with van der Waals surface area (Å²) in [6.45, 7) is 9.54. The molecule has 17 nitrogen and oxygen atoms in total. The first-order chi connectivity index (χ1) is 46.4. The van der Waals surface area contributed by atoms with E-state index in [1.807, 2.05) is 0 Å². The van der Waals surface area contributed by atoms with Crippen LogP contribution < -0.4 is 0 Å². The monoisotopic (exact) mass is 1410 g/mol. The van der Waals surface area contributed by atoms with E-state index < -0.39 is 97.5 Å². The molecule has 0 aromatic rings. The highest BCUT2D eigenvalue weighted by Gasteiger charge is 2.30. The molecule has 0 fully saturated rings. The molecule has 0 aliphatic rings. The van der Waals surface area contributed by atoms with E-state index in [0.717, 1.165) is 102 Å². The molecule has 0 saturated heterocycles. The number of hydrogen-bond donors (Lipinski definition) is 3. The summed E-state index contributed by atoms with van der Waals surface area (Å²) in [6, 6.07) is 0. The van der Waals surface area contributed by atoms with E-state index in [-0.39, 0.29) is 25.7 Å². The first-order valence-corrected chi connectivity index (χ1v) is 43.0. The predicted molar refractivity (Wildman–Crippen MR) is 391 cm³/mol. The lowest BCUT2D eigenvalue weighted by Gasteiger charge is -2.21. The minimum absolute atomic E-state index is 0.106. The van der Waals surface area contributed by atoms with Crippen molar-refractivity contribution in [3.63, 3.8) is 0 Å². The molecule has 2 unspecified atom stereocenters. The van der Waals surface area contributed by atoms with Crippen LogP contribution in [-0.4, -0.2) is 96.7 Å². The molecule has 0 aliphatic heterocycles. The second-order valence-corrected chi connectivity index (χ2v) is 31.6. The minimum atomic E-state index is -4.96. The van der Waals surface area contributed by atoms with Gasteiger partial charge in [-0.2, -0.15) is 0 Å². The zero-order valence-electron chi connectivity index (χ0n) is 62.7. The molecule has 0 aromatic carbocycles. The Kier molecular flexibility index (Phi) is 67.4. The summed E-state index contributed by atoms with van der Waals surface area (Å²) < 4.78 is 68.5. The number of aliphatic hydroxyl groups excluding tert-OH is 1. The number of phosphoric ester groups is 2. The molecule has 0 aliphatic carbocycles. The van der Waals surface area contributed by atoms with Gasteiger partial charge in [0.1, 0.15) is 19.3 Å². The van der Waals surface area contributed by atoms with Gasteiger partial charge in [-0.05, 0) is 37.5 Å². The third kappa shape index (κ3) is 70.5. The zero-order valence-corrected chi connectivity index (χ0v) is 64.5. The Morgan fingerprint density at radius 2 is 0.479 bits per heavy atom. The van der Waals surface area contributed by atoms with Crippen molar-refractivity contribution in [2.24, 2.45) is 11.8 Å². The lowest BCUT2D eigenvalue weighted by atomic mass is 10.0. The number of unbranched alkanes of at least 4 members (excludes halogenated alkanes) is 46. The Hall–Kier alpha value is -1.94. The maximum absolute atomic E-state index is 13.1. The van der Waals surface area contributed by atoms with Crippen LogP contribution in [0.1, 0.15) is 401 Å². The average Bonchev–Trinajstić information content (AvgIpc) is 1.96. The Morgan fingerprint density at radius 1 is 0.281 bits per heavy atom. The minimum Gasteiger partial charge on any atom is -0.462 e. The third-order valence-electron chi connectivity index (χ3n) is 18.0. The summed E-state index contributed by atoms with van der Waals surface area (Å²) in [5.41, 5.74) is 0. The van der Waals surface area contributed by atoms with E-state index in [1.54, 1.807) is 0 Å². The van der Waals surface area contributed by atoms with E-state index in [2.05, 4.69) is 41.5 Å². The molecule has 0 radical (unpaired) electrons. The summed E-state index contributed by atoms with van der Waals surface area (Å²) >= 11 is 0. The van der Waals surface area contributed by atoms with Gasteiger partial charge in [-0.1, -0.05) is 350 Å². The smallest absolute Gasteiger partial charge is 0.462 e. The van der Waals surface area contributed by atoms with E-state index >= 15 is 0 Å². The van der Waals surface area contributed by atoms with Crippen LogP contribution in [0, 0.1) is 11.8 Å². The lowest BCUT2D eigenvalue weighted by Crippen LogP contribution is -2.30. The highest BCUT2D eigenvalue weighted by molar-refractivity contribution is 7.47. The van der Waals surface area contributed by atoms with Gasteiger partial charge >= 0.3 is 39.5 Å². The van der Waals surface area contributed by atoms with Crippen molar-refractivity contribution in [2.75, 3.05) is 39.6 Å². The van der Waals surface area contributed by atoms with Gasteiger partial charge in [0.2, 0.25) is 0 Å². The van der Waals surface area contributed by atoms with Crippen molar-refractivity contribution >= 4 is 39.5 Å².